The average molecular weight is 468 g/mol. The second kappa shape index (κ2) is 8.15. The third-order valence-electron chi connectivity index (χ3n) is 6.30. The van der Waals surface area contributed by atoms with Crippen molar-refractivity contribution in [2.45, 2.75) is 25.8 Å². The lowest BCUT2D eigenvalue weighted by atomic mass is 9.85. The van der Waals surface area contributed by atoms with E-state index >= 15 is 0 Å². The number of nitrogens with zero attached hydrogens (tertiary/aromatic N) is 6. The molecular formula is C23H23ClFN7O. The molecule has 0 radical (unpaired) electrons. The van der Waals surface area contributed by atoms with E-state index in [4.69, 9.17) is 17.3 Å². The van der Waals surface area contributed by atoms with E-state index < -0.39 is 0 Å². The molecule has 1 aliphatic rings. The number of carbonyl (C=O) groups excluding carboxylic acids is 1. The van der Waals surface area contributed by atoms with E-state index in [-0.39, 0.29) is 23.6 Å². The van der Waals surface area contributed by atoms with Gasteiger partial charge in [-0.1, -0.05) is 11.6 Å². The Morgan fingerprint density at radius 2 is 2.00 bits per heavy atom. The highest BCUT2D eigenvalue weighted by Crippen LogP contribution is 2.35. The second-order valence-corrected chi connectivity index (χ2v) is 8.88. The molecule has 2 atom stereocenters. The van der Waals surface area contributed by atoms with E-state index in [1.807, 2.05) is 17.8 Å². The van der Waals surface area contributed by atoms with Crippen molar-refractivity contribution in [1.82, 2.24) is 24.5 Å². The predicted molar refractivity (Wildman–Crippen MR) is 125 cm³/mol. The van der Waals surface area contributed by atoms with Crippen LogP contribution < -0.4 is 10.6 Å². The Bertz CT molecular complexity index is 1350. The highest BCUT2D eigenvalue weighted by molar-refractivity contribution is 6.33. The summed E-state index contributed by atoms with van der Waals surface area (Å²) in [7, 11) is 1.85. The summed E-state index contributed by atoms with van der Waals surface area (Å²) >= 11 is 6.47. The Labute approximate surface area is 194 Å². The van der Waals surface area contributed by atoms with Gasteiger partial charge in [-0.2, -0.15) is 10.2 Å². The summed E-state index contributed by atoms with van der Waals surface area (Å²) in [4.78, 5) is 21.7. The number of fused-ring (bicyclic) bond motifs is 1. The number of benzene rings is 1. The molecular weight excluding hydrogens is 445 g/mol. The lowest BCUT2D eigenvalue weighted by Crippen LogP contribution is -2.43. The molecule has 0 saturated carbocycles. The number of rotatable bonds is 4. The zero-order valence-corrected chi connectivity index (χ0v) is 19.0. The molecule has 1 fully saturated rings. The molecule has 0 spiro atoms. The van der Waals surface area contributed by atoms with E-state index in [1.54, 1.807) is 24.5 Å². The van der Waals surface area contributed by atoms with Crippen molar-refractivity contribution in [1.29, 1.82) is 0 Å². The van der Waals surface area contributed by atoms with Gasteiger partial charge in [-0.15, -0.1) is 4.80 Å². The summed E-state index contributed by atoms with van der Waals surface area (Å²) in [5, 5.41) is 9.28. The molecule has 1 saturated heterocycles. The van der Waals surface area contributed by atoms with E-state index in [9.17, 15) is 9.18 Å². The maximum absolute atomic E-state index is 13.5. The maximum Gasteiger partial charge on any atom is 0.195 e. The van der Waals surface area contributed by atoms with Crippen LogP contribution >= 0.6 is 11.6 Å². The van der Waals surface area contributed by atoms with Crippen molar-refractivity contribution in [3.8, 4) is 5.82 Å². The quantitative estimate of drug-likeness (QED) is 0.360. The van der Waals surface area contributed by atoms with Gasteiger partial charge < -0.3 is 15.2 Å². The van der Waals surface area contributed by atoms with Crippen LogP contribution in [0.1, 0.15) is 30.1 Å². The highest BCUT2D eigenvalue weighted by Gasteiger charge is 2.33. The molecule has 2 unspecified atom stereocenters. The number of halogens is 2. The third kappa shape index (κ3) is 3.72. The largest absolute Gasteiger partial charge is 0.397 e. The molecule has 8 nitrogen and oxygen atoms in total. The minimum Gasteiger partial charge on any atom is -0.397 e. The molecule has 4 heterocycles. The number of nitrogen functional groups attached to an aromatic ring is 1. The SMILES string of the molecule is CC1CC(C(=O)c2cn(C)c3nc(-n4nccn4)c(Cl)cc23)CCN1c1ccc(F)cc1N. The first-order chi connectivity index (χ1) is 15.8. The third-order valence-corrected chi connectivity index (χ3v) is 6.58. The molecule has 170 valence electrons. The van der Waals surface area contributed by atoms with Gasteiger partial charge in [0.05, 0.1) is 28.8 Å². The number of hydrogen-bond donors (Lipinski definition) is 1. The summed E-state index contributed by atoms with van der Waals surface area (Å²) in [5.41, 5.74) is 8.50. The number of nitrogens with two attached hydrogens (primary N) is 1. The van der Waals surface area contributed by atoms with Crippen molar-refractivity contribution < 1.29 is 9.18 Å². The van der Waals surface area contributed by atoms with Gasteiger partial charge in [0.1, 0.15) is 11.5 Å². The summed E-state index contributed by atoms with van der Waals surface area (Å²) in [6.45, 7) is 2.72. The second-order valence-electron chi connectivity index (χ2n) is 8.47. The smallest absolute Gasteiger partial charge is 0.195 e. The lowest BCUT2D eigenvalue weighted by molar-refractivity contribution is 0.0892. The lowest BCUT2D eigenvalue weighted by Gasteiger charge is -2.39. The average Bonchev–Trinajstić information content (AvgIpc) is 3.41. The van der Waals surface area contributed by atoms with Crippen LogP contribution in [0.15, 0.2) is 42.9 Å². The van der Waals surface area contributed by atoms with Crippen LogP contribution in [0.25, 0.3) is 16.9 Å². The standard InChI is InChI=1S/C23H23ClFN7O/c1-13-9-14(5-8-31(13)20-4-3-15(25)10-19(20)26)21(33)17-12-30(2)22-16(17)11-18(24)23(29-22)32-27-6-7-28-32/h3-4,6-7,10-14H,5,8-9,26H2,1-2H3. The Hall–Kier alpha value is -3.46. The van der Waals surface area contributed by atoms with Gasteiger partial charge in [0.25, 0.3) is 0 Å². The Morgan fingerprint density at radius 3 is 2.70 bits per heavy atom. The van der Waals surface area contributed by atoms with Crippen LogP contribution in [0.5, 0.6) is 0 Å². The topological polar surface area (TPSA) is 94.9 Å². The van der Waals surface area contributed by atoms with Crippen molar-refractivity contribution >= 4 is 39.8 Å². The summed E-state index contributed by atoms with van der Waals surface area (Å²) < 4.78 is 15.3. The minimum atomic E-state index is -0.358. The molecule has 1 aliphatic heterocycles. The van der Waals surface area contributed by atoms with Crippen LogP contribution in [0, 0.1) is 11.7 Å². The number of ketones is 1. The number of aryl methyl sites for hydroxylation is 1. The zero-order chi connectivity index (χ0) is 23.3. The summed E-state index contributed by atoms with van der Waals surface area (Å²) in [6, 6.07) is 6.28. The fourth-order valence-electron chi connectivity index (χ4n) is 4.70. The van der Waals surface area contributed by atoms with Gasteiger partial charge in [0.15, 0.2) is 11.6 Å². The normalized spacial score (nSPS) is 18.7. The number of piperidine rings is 1. The van der Waals surface area contributed by atoms with Crippen molar-refractivity contribution in [3.63, 3.8) is 0 Å². The summed E-state index contributed by atoms with van der Waals surface area (Å²) in [5.74, 6) is -0.0198. The first-order valence-electron chi connectivity index (χ1n) is 10.7. The van der Waals surface area contributed by atoms with Crippen molar-refractivity contribution in [3.05, 3.63) is 59.3 Å². The number of hydrogen-bond acceptors (Lipinski definition) is 6. The van der Waals surface area contributed by atoms with Crippen LogP contribution in [0.3, 0.4) is 0 Å². The monoisotopic (exact) mass is 467 g/mol. The van der Waals surface area contributed by atoms with Crippen LogP contribution in [-0.2, 0) is 7.05 Å². The summed E-state index contributed by atoms with van der Waals surface area (Å²) in [6.07, 6.45) is 6.26. The first kappa shape index (κ1) is 21.4. The molecule has 5 rings (SSSR count). The number of carbonyl (C=O) groups is 1. The molecule has 2 N–H and O–H groups in total. The maximum atomic E-state index is 13.5. The van der Waals surface area contributed by atoms with Gasteiger partial charge in [-0.3, -0.25) is 4.79 Å². The Balaban J connectivity index is 1.42. The van der Waals surface area contributed by atoms with E-state index in [1.165, 1.54) is 16.9 Å². The van der Waals surface area contributed by atoms with Crippen LogP contribution in [0.4, 0.5) is 15.8 Å². The Morgan fingerprint density at radius 1 is 1.24 bits per heavy atom. The fourth-order valence-corrected chi connectivity index (χ4v) is 4.92. The number of pyridine rings is 1. The van der Waals surface area contributed by atoms with Gasteiger partial charge in [0.2, 0.25) is 0 Å². The van der Waals surface area contributed by atoms with Crippen LogP contribution in [-0.4, -0.2) is 42.9 Å². The number of Topliss-reactive ketones (excluding diaryl/α,β-unsaturated/α-hetero) is 1. The molecule has 0 bridgehead atoms. The minimum absolute atomic E-state index is 0.0713. The molecule has 0 amide bonds. The van der Waals surface area contributed by atoms with Gasteiger partial charge >= 0.3 is 0 Å². The van der Waals surface area contributed by atoms with Gasteiger partial charge in [-0.05, 0) is 44.0 Å². The fraction of sp³-hybridized carbons (Fsp3) is 0.304. The highest BCUT2D eigenvalue weighted by atomic mass is 35.5. The molecule has 0 aliphatic carbocycles. The molecule has 33 heavy (non-hydrogen) atoms. The van der Waals surface area contributed by atoms with E-state index in [2.05, 4.69) is 27.0 Å². The van der Waals surface area contributed by atoms with E-state index in [0.717, 1.165) is 5.69 Å². The van der Waals surface area contributed by atoms with Gasteiger partial charge in [0, 0.05) is 42.7 Å². The molecule has 4 aromatic rings. The van der Waals surface area contributed by atoms with Crippen molar-refractivity contribution in [2.75, 3.05) is 17.2 Å². The zero-order valence-electron chi connectivity index (χ0n) is 18.2. The first-order valence-corrected chi connectivity index (χ1v) is 11.1. The Kier molecular flexibility index (Phi) is 5.28. The molecule has 1 aromatic carbocycles. The predicted octanol–water partition coefficient (Wildman–Crippen LogP) is 4.02. The van der Waals surface area contributed by atoms with Gasteiger partial charge in [-0.25, -0.2) is 9.37 Å². The van der Waals surface area contributed by atoms with Crippen molar-refractivity contribution in [2.24, 2.45) is 13.0 Å². The van der Waals surface area contributed by atoms with E-state index in [0.29, 0.717) is 52.5 Å². The number of anilines is 2. The molecule has 3 aromatic heterocycles. The number of aromatic nitrogens is 5. The molecule has 10 heteroatoms. The van der Waals surface area contributed by atoms with Crippen LogP contribution in [0.2, 0.25) is 5.02 Å².